The summed E-state index contributed by atoms with van der Waals surface area (Å²) in [6.45, 7) is 2.45. The molecule has 0 radical (unpaired) electrons. The Bertz CT molecular complexity index is 1290. The summed E-state index contributed by atoms with van der Waals surface area (Å²) < 4.78 is 70.6. The maximum atomic E-state index is 14.2. The van der Waals surface area contributed by atoms with Gasteiger partial charge in [0.2, 0.25) is 10.0 Å². The van der Waals surface area contributed by atoms with Gasteiger partial charge in [0, 0.05) is 31.0 Å². The molecule has 0 spiro atoms. The largest absolute Gasteiger partial charge is 0.316 e. The summed E-state index contributed by atoms with van der Waals surface area (Å²) in [5.41, 5.74) is 1.41. The summed E-state index contributed by atoms with van der Waals surface area (Å²) in [5.74, 6) is -3.82. The summed E-state index contributed by atoms with van der Waals surface area (Å²) in [6, 6.07) is 7.33. The molecule has 1 aromatic heterocycles. The van der Waals surface area contributed by atoms with Crippen LogP contribution in [-0.4, -0.2) is 35.9 Å². The molecule has 5 nitrogen and oxygen atoms in total. The molecule has 10 heteroatoms. The smallest absolute Gasteiger partial charge is 0.242 e. The van der Waals surface area contributed by atoms with Crippen molar-refractivity contribution in [3.05, 3.63) is 53.3 Å². The summed E-state index contributed by atoms with van der Waals surface area (Å²) in [6.07, 6.45) is 5.78. The maximum Gasteiger partial charge on any atom is 0.242 e. The van der Waals surface area contributed by atoms with E-state index >= 15 is 0 Å². The number of thioether (sulfide) groups is 1. The van der Waals surface area contributed by atoms with Gasteiger partial charge in [-0.05, 0) is 43.5 Å². The highest BCUT2D eigenvalue weighted by Crippen LogP contribution is 2.38. The number of benzene rings is 2. The molecule has 0 atom stereocenters. The lowest BCUT2D eigenvalue weighted by Gasteiger charge is -2.18. The van der Waals surface area contributed by atoms with Gasteiger partial charge < -0.3 is 4.57 Å². The van der Waals surface area contributed by atoms with Gasteiger partial charge in [0.1, 0.15) is 0 Å². The summed E-state index contributed by atoms with van der Waals surface area (Å²) >= 11 is 1.24. The van der Waals surface area contributed by atoms with E-state index in [4.69, 9.17) is 4.98 Å². The van der Waals surface area contributed by atoms with E-state index in [2.05, 4.69) is 4.57 Å². The topological polar surface area (TPSA) is 55.2 Å². The van der Waals surface area contributed by atoms with Crippen molar-refractivity contribution in [3.63, 3.8) is 0 Å². The summed E-state index contributed by atoms with van der Waals surface area (Å²) in [4.78, 5) is 4.87. The predicted octanol–water partition coefficient (Wildman–Crippen LogP) is 6.28. The molecule has 0 N–H and O–H groups in total. The second-order valence-corrected chi connectivity index (χ2v) is 11.6. The minimum absolute atomic E-state index is 0.0507. The number of hydrogen-bond donors (Lipinski definition) is 0. The first-order chi connectivity index (χ1) is 16.2. The van der Waals surface area contributed by atoms with Crippen LogP contribution >= 0.6 is 11.8 Å². The molecule has 184 valence electrons. The van der Waals surface area contributed by atoms with Crippen molar-refractivity contribution in [3.8, 4) is 0 Å². The Morgan fingerprint density at radius 3 is 2.56 bits per heavy atom. The zero-order chi connectivity index (χ0) is 24.5. The van der Waals surface area contributed by atoms with Gasteiger partial charge in [-0.2, -0.15) is 0 Å². The zero-order valence-corrected chi connectivity index (χ0v) is 20.9. The number of sulfonamides is 1. The Balaban J connectivity index is 1.70. The Morgan fingerprint density at radius 1 is 1.12 bits per heavy atom. The fourth-order valence-corrected chi connectivity index (χ4v) is 6.62. The lowest BCUT2D eigenvalue weighted by Crippen LogP contribution is -2.27. The molecule has 3 aromatic rings. The van der Waals surface area contributed by atoms with E-state index in [-0.39, 0.29) is 22.3 Å². The van der Waals surface area contributed by atoms with Crippen LogP contribution in [-0.2, 0) is 15.8 Å². The minimum Gasteiger partial charge on any atom is -0.316 e. The molecule has 0 bridgehead atoms. The van der Waals surface area contributed by atoms with Crippen molar-refractivity contribution in [2.75, 3.05) is 13.6 Å². The monoisotopic (exact) mass is 511 g/mol. The third-order valence-electron chi connectivity index (χ3n) is 6.33. The van der Waals surface area contributed by atoms with E-state index in [0.717, 1.165) is 50.1 Å². The minimum atomic E-state index is -3.64. The number of fused-ring (bicyclic) bond motifs is 1. The molecular weight excluding hydrogens is 483 g/mol. The third kappa shape index (κ3) is 4.85. The van der Waals surface area contributed by atoms with E-state index in [1.54, 1.807) is 25.2 Å². The molecule has 1 fully saturated rings. The van der Waals surface area contributed by atoms with Gasteiger partial charge in [0.05, 0.1) is 15.9 Å². The predicted molar refractivity (Wildman–Crippen MR) is 128 cm³/mol. The van der Waals surface area contributed by atoms with Crippen molar-refractivity contribution >= 4 is 32.8 Å². The number of imidazole rings is 1. The van der Waals surface area contributed by atoms with E-state index < -0.39 is 27.5 Å². The standard InChI is InChI=1S/C24H28F3N3O2S2/c1-3-4-13-29(2)34(31,32)18-10-12-21-20(14-18)28-24(30(21)17-7-5-6-8-17)33-15-16-9-11-19(25)23(27)22(16)26/h9-12,14,17H,3-8,13,15H2,1-2H3. The zero-order valence-electron chi connectivity index (χ0n) is 19.2. The molecule has 1 aliphatic carbocycles. The van der Waals surface area contributed by atoms with Crippen molar-refractivity contribution in [1.82, 2.24) is 13.9 Å². The average Bonchev–Trinajstić information content (AvgIpc) is 3.47. The van der Waals surface area contributed by atoms with Gasteiger partial charge in [-0.15, -0.1) is 0 Å². The van der Waals surface area contributed by atoms with Crippen LogP contribution < -0.4 is 0 Å². The van der Waals surface area contributed by atoms with E-state index in [9.17, 15) is 21.6 Å². The average molecular weight is 512 g/mol. The van der Waals surface area contributed by atoms with E-state index in [0.29, 0.717) is 17.2 Å². The van der Waals surface area contributed by atoms with Crippen LogP contribution in [0.5, 0.6) is 0 Å². The summed E-state index contributed by atoms with van der Waals surface area (Å²) in [7, 11) is -2.07. The molecule has 2 aromatic carbocycles. The lowest BCUT2D eigenvalue weighted by molar-refractivity contribution is 0.443. The molecule has 1 saturated carbocycles. The van der Waals surface area contributed by atoms with Crippen molar-refractivity contribution < 1.29 is 21.6 Å². The van der Waals surface area contributed by atoms with Crippen LogP contribution in [0, 0.1) is 17.5 Å². The highest BCUT2D eigenvalue weighted by Gasteiger charge is 2.26. The first kappa shape index (κ1) is 25.1. The number of nitrogens with zero attached hydrogens (tertiary/aromatic N) is 3. The lowest BCUT2D eigenvalue weighted by atomic mass is 10.2. The molecule has 1 aliphatic rings. The molecule has 34 heavy (non-hydrogen) atoms. The van der Waals surface area contributed by atoms with Crippen LogP contribution in [0.25, 0.3) is 11.0 Å². The third-order valence-corrected chi connectivity index (χ3v) is 9.18. The fourth-order valence-electron chi connectivity index (χ4n) is 4.33. The van der Waals surface area contributed by atoms with Gasteiger partial charge in [-0.3, -0.25) is 0 Å². The second kappa shape index (κ2) is 10.3. The van der Waals surface area contributed by atoms with Gasteiger partial charge >= 0.3 is 0 Å². The van der Waals surface area contributed by atoms with Crippen molar-refractivity contribution in [1.29, 1.82) is 0 Å². The molecule has 1 heterocycles. The van der Waals surface area contributed by atoms with E-state index in [1.165, 1.54) is 22.1 Å². The van der Waals surface area contributed by atoms with Crippen LogP contribution in [0.1, 0.15) is 57.1 Å². The first-order valence-electron chi connectivity index (χ1n) is 11.5. The molecule has 0 amide bonds. The van der Waals surface area contributed by atoms with Gasteiger partial charge in [0.25, 0.3) is 0 Å². The number of rotatable bonds is 9. The number of halogens is 3. The van der Waals surface area contributed by atoms with Gasteiger partial charge in [-0.25, -0.2) is 30.9 Å². The molecule has 0 unspecified atom stereocenters. The first-order valence-corrected chi connectivity index (χ1v) is 13.9. The molecule has 4 rings (SSSR count). The van der Waals surface area contributed by atoms with E-state index in [1.807, 2.05) is 6.92 Å². The molecule has 0 saturated heterocycles. The SMILES string of the molecule is CCCCN(C)S(=O)(=O)c1ccc2c(c1)nc(SCc1ccc(F)c(F)c1F)n2C1CCCC1. The van der Waals surface area contributed by atoms with Crippen LogP contribution in [0.3, 0.4) is 0 Å². The number of aromatic nitrogens is 2. The number of unbranched alkanes of at least 4 members (excludes halogenated alkanes) is 1. The highest BCUT2D eigenvalue weighted by molar-refractivity contribution is 7.98. The normalized spacial score (nSPS) is 15.1. The van der Waals surface area contributed by atoms with Gasteiger partial charge in [-0.1, -0.05) is 44.0 Å². The molecule has 0 aliphatic heterocycles. The van der Waals surface area contributed by atoms with Crippen LogP contribution in [0.15, 0.2) is 40.4 Å². The Kier molecular flexibility index (Phi) is 7.59. The molecular formula is C24H28F3N3O2S2. The Morgan fingerprint density at radius 2 is 1.85 bits per heavy atom. The van der Waals surface area contributed by atoms with Crippen LogP contribution in [0.2, 0.25) is 0 Å². The highest BCUT2D eigenvalue weighted by atomic mass is 32.2. The Hall–Kier alpha value is -2.04. The van der Waals surface area contributed by atoms with Crippen molar-refractivity contribution in [2.24, 2.45) is 0 Å². The second-order valence-electron chi connectivity index (χ2n) is 8.66. The van der Waals surface area contributed by atoms with Crippen molar-refractivity contribution in [2.45, 2.75) is 67.3 Å². The maximum absolute atomic E-state index is 14.2. The van der Waals surface area contributed by atoms with Gasteiger partial charge in [0.15, 0.2) is 22.6 Å². The number of hydrogen-bond acceptors (Lipinski definition) is 4. The quantitative estimate of drug-likeness (QED) is 0.251. The van der Waals surface area contributed by atoms with Crippen LogP contribution in [0.4, 0.5) is 13.2 Å². The fraction of sp³-hybridized carbons (Fsp3) is 0.458. The Labute approximate surface area is 202 Å². The summed E-state index contributed by atoms with van der Waals surface area (Å²) in [5, 5.41) is 0.611.